The summed E-state index contributed by atoms with van der Waals surface area (Å²) in [6.07, 6.45) is 4.26. The summed E-state index contributed by atoms with van der Waals surface area (Å²) < 4.78 is 0. The molecule has 0 aliphatic heterocycles. The number of hydrogen-bond acceptors (Lipinski definition) is 2. The molecule has 2 heteroatoms. The molecule has 2 N–H and O–H groups in total. The van der Waals surface area contributed by atoms with E-state index in [2.05, 4.69) is 0 Å². The molecule has 1 aliphatic carbocycles. The number of aliphatic hydroxyl groups excluding tert-OH is 2. The van der Waals surface area contributed by atoms with Crippen LogP contribution >= 0.6 is 0 Å². The highest BCUT2D eigenvalue weighted by Gasteiger charge is 2.24. The second-order valence-corrected chi connectivity index (χ2v) is 3.72. The first-order valence-corrected chi connectivity index (χ1v) is 4.53. The van der Waals surface area contributed by atoms with E-state index in [9.17, 15) is 5.11 Å². The first kappa shape index (κ1) is 9.01. The summed E-state index contributed by atoms with van der Waals surface area (Å²) in [7, 11) is 0. The summed E-state index contributed by atoms with van der Waals surface area (Å²) in [6, 6.07) is 0. The molecule has 0 aromatic heterocycles. The molecule has 3 unspecified atom stereocenters. The van der Waals surface area contributed by atoms with Gasteiger partial charge in [0.1, 0.15) is 0 Å². The summed E-state index contributed by atoms with van der Waals surface area (Å²) in [5.41, 5.74) is 0. The lowest BCUT2D eigenvalue weighted by Gasteiger charge is -2.29. The lowest BCUT2D eigenvalue weighted by Crippen LogP contribution is -2.25. The van der Waals surface area contributed by atoms with Crippen LogP contribution in [0.3, 0.4) is 0 Å². The fraction of sp³-hybridized carbons (Fsp3) is 1.00. The molecule has 66 valence electrons. The second kappa shape index (κ2) is 4.07. The lowest BCUT2D eigenvalue weighted by atomic mass is 9.79. The molecule has 0 aromatic rings. The molecule has 1 rings (SSSR count). The standard InChI is InChI=1S/C9H18O2/c1-7(11)9-4-2-3-8(5-9)6-10/h7-11H,2-6H2,1H3. The molecule has 0 aromatic carbocycles. The van der Waals surface area contributed by atoms with Gasteiger partial charge in [0.15, 0.2) is 0 Å². The highest BCUT2D eigenvalue weighted by molar-refractivity contribution is 4.75. The molecule has 1 aliphatic rings. The Morgan fingerprint density at radius 1 is 1.45 bits per heavy atom. The average molecular weight is 158 g/mol. The predicted molar refractivity (Wildman–Crippen MR) is 44.2 cm³/mol. The van der Waals surface area contributed by atoms with Crippen molar-refractivity contribution in [2.45, 2.75) is 38.7 Å². The van der Waals surface area contributed by atoms with Crippen LogP contribution in [0.5, 0.6) is 0 Å². The van der Waals surface area contributed by atoms with Crippen LogP contribution in [0.15, 0.2) is 0 Å². The van der Waals surface area contributed by atoms with Crippen molar-refractivity contribution in [2.24, 2.45) is 11.8 Å². The normalized spacial score (nSPS) is 35.2. The molecule has 0 bridgehead atoms. The Bertz CT molecular complexity index is 112. The van der Waals surface area contributed by atoms with Gasteiger partial charge in [-0.2, -0.15) is 0 Å². The quantitative estimate of drug-likeness (QED) is 0.633. The minimum absolute atomic E-state index is 0.190. The van der Waals surface area contributed by atoms with E-state index in [-0.39, 0.29) is 6.10 Å². The minimum Gasteiger partial charge on any atom is -0.396 e. The molecule has 0 amide bonds. The molecular weight excluding hydrogens is 140 g/mol. The van der Waals surface area contributed by atoms with Crippen molar-refractivity contribution in [3.05, 3.63) is 0 Å². The smallest absolute Gasteiger partial charge is 0.0540 e. The van der Waals surface area contributed by atoms with Crippen LogP contribution in [0.2, 0.25) is 0 Å². The molecule has 3 atom stereocenters. The summed E-state index contributed by atoms with van der Waals surface area (Å²) >= 11 is 0. The molecule has 11 heavy (non-hydrogen) atoms. The Labute approximate surface area is 68.2 Å². The largest absolute Gasteiger partial charge is 0.396 e. The highest BCUT2D eigenvalue weighted by atomic mass is 16.3. The van der Waals surface area contributed by atoms with E-state index >= 15 is 0 Å². The van der Waals surface area contributed by atoms with E-state index in [0.29, 0.717) is 18.4 Å². The van der Waals surface area contributed by atoms with Gasteiger partial charge in [-0.15, -0.1) is 0 Å². The fourth-order valence-corrected chi connectivity index (χ4v) is 1.94. The predicted octanol–water partition coefficient (Wildman–Crippen LogP) is 1.17. The van der Waals surface area contributed by atoms with Crippen LogP contribution in [0, 0.1) is 11.8 Å². The van der Waals surface area contributed by atoms with Crippen LogP contribution in [0.25, 0.3) is 0 Å². The third kappa shape index (κ3) is 2.46. The van der Waals surface area contributed by atoms with E-state index in [1.807, 2.05) is 6.92 Å². The van der Waals surface area contributed by atoms with Crippen molar-refractivity contribution in [3.63, 3.8) is 0 Å². The summed E-state index contributed by atoms with van der Waals surface area (Å²) in [5.74, 6) is 0.879. The fourth-order valence-electron chi connectivity index (χ4n) is 1.94. The maximum atomic E-state index is 9.31. The average Bonchev–Trinajstić information content (AvgIpc) is 2.05. The summed E-state index contributed by atoms with van der Waals surface area (Å²) in [6.45, 7) is 2.15. The van der Waals surface area contributed by atoms with Gasteiger partial charge in [0, 0.05) is 6.61 Å². The summed E-state index contributed by atoms with van der Waals surface area (Å²) in [5, 5.41) is 18.2. The van der Waals surface area contributed by atoms with Gasteiger partial charge in [-0.25, -0.2) is 0 Å². The zero-order chi connectivity index (χ0) is 8.27. The lowest BCUT2D eigenvalue weighted by molar-refractivity contribution is 0.0672. The maximum Gasteiger partial charge on any atom is 0.0540 e. The molecule has 1 saturated carbocycles. The zero-order valence-electron chi connectivity index (χ0n) is 7.16. The molecule has 0 spiro atoms. The van der Waals surface area contributed by atoms with Crippen LogP contribution in [0.4, 0.5) is 0 Å². The number of rotatable bonds is 2. The van der Waals surface area contributed by atoms with Crippen molar-refractivity contribution in [3.8, 4) is 0 Å². The molecule has 0 heterocycles. The van der Waals surface area contributed by atoms with Crippen LogP contribution in [0.1, 0.15) is 32.6 Å². The van der Waals surface area contributed by atoms with E-state index in [1.54, 1.807) is 0 Å². The van der Waals surface area contributed by atoms with Gasteiger partial charge in [0.05, 0.1) is 6.10 Å². The SMILES string of the molecule is CC(O)C1CCCC(CO)C1. The van der Waals surface area contributed by atoms with Crippen molar-refractivity contribution in [1.82, 2.24) is 0 Å². The molecule has 2 nitrogen and oxygen atoms in total. The van der Waals surface area contributed by atoms with Gasteiger partial charge in [0.2, 0.25) is 0 Å². The molecule has 0 radical (unpaired) electrons. The van der Waals surface area contributed by atoms with Gasteiger partial charge in [0.25, 0.3) is 0 Å². The zero-order valence-corrected chi connectivity index (χ0v) is 7.16. The molecule has 1 fully saturated rings. The third-order valence-corrected chi connectivity index (χ3v) is 2.76. The van der Waals surface area contributed by atoms with E-state index < -0.39 is 0 Å². The number of hydrogen-bond donors (Lipinski definition) is 2. The minimum atomic E-state index is -0.190. The second-order valence-electron chi connectivity index (χ2n) is 3.72. The van der Waals surface area contributed by atoms with E-state index in [1.165, 1.54) is 6.42 Å². The Morgan fingerprint density at radius 3 is 2.73 bits per heavy atom. The molecular formula is C9H18O2. The Morgan fingerprint density at radius 2 is 2.18 bits per heavy atom. The topological polar surface area (TPSA) is 40.5 Å². The first-order chi connectivity index (χ1) is 5.24. The number of aliphatic hydroxyl groups is 2. The van der Waals surface area contributed by atoms with Crippen molar-refractivity contribution in [1.29, 1.82) is 0 Å². The van der Waals surface area contributed by atoms with Gasteiger partial charge < -0.3 is 10.2 Å². The van der Waals surface area contributed by atoms with Crippen molar-refractivity contribution >= 4 is 0 Å². The molecule has 0 saturated heterocycles. The van der Waals surface area contributed by atoms with Gasteiger partial charge in [-0.3, -0.25) is 0 Å². The van der Waals surface area contributed by atoms with Crippen molar-refractivity contribution in [2.75, 3.05) is 6.61 Å². The van der Waals surface area contributed by atoms with Crippen LogP contribution in [-0.2, 0) is 0 Å². The van der Waals surface area contributed by atoms with Crippen LogP contribution in [-0.4, -0.2) is 22.9 Å². The third-order valence-electron chi connectivity index (χ3n) is 2.76. The Kier molecular flexibility index (Phi) is 3.34. The highest BCUT2D eigenvalue weighted by Crippen LogP contribution is 2.30. The Balaban J connectivity index is 2.33. The van der Waals surface area contributed by atoms with E-state index in [0.717, 1.165) is 19.3 Å². The summed E-state index contributed by atoms with van der Waals surface area (Å²) in [4.78, 5) is 0. The van der Waals surface area contributed by atoms with E-state index in [4.69, 9.17) is 5.11 Å². The van der Waals surface area contributed by atoms with Crippen molar-refractivity contribution < 1.29 is 10.2 Å². The van der Waals surface area contributed by atoms with Crippen LogP contribution < -0.4 is 0 Å². The van der Waals surface area contributed by atoms with Gasteiger partial charge >= 0.3 is 0 Å². The first-order valence-electron chi connectivity index (χ1n) is 4.53. The maximum absolute atomic E-state index is 9.31. The van der Waals surface area contributed by atoms with Gasteiger partial charge in [-0.1, -0.05) is 6.42 Å². The monoisotopic (exact) mass is 158 g/mol. The Hall–Kier alpha value is -0.0800. The van der Waals surface area contributed by atoms with Gasteiger partial charge in [-0.05, 0) is 38.0 Å².